The van der Waals surface area contributed by atoms with Gasteiger partial charge in [-0.25, -0.2) is 9.99 Å². The van der Waals surface area contributed by atoms with Crippen LogP contribution in [0.3, 0.4) is 0 Å². The van der Waals surface area contributed by atoms with Gasteiger partial charge in [0, 0.05) is 30.8 Å². The van der Waals surface area contributed by atoms with Crippen LogP contribution in [0.4, 0.5) is 5.13 Å². The Morgan fingerprint density at radius 1 is 1.06 bits per heavy atom. The van der Waals surface area contributed by atoms with Gasteiger partial charge in [0.1, 0.15) is 5.75 Å². The number of aromatic nitrogens is 1. The number of ether oxygens (including phenoxy) is 1. The normalized spacial score (nSPS) is 15.2. The molecule has 1 aliphatic rings. The molecule has 0 saturated carbocycles. The average molecular weight is 485 g/mol. The van der Waals surface area contributed by atoms with Gasteiger partial charge in [0.2, 0.25) is 11.8 Å². The Hall–Kier alpha value is -4.04. The molecule has 3 aromatic carbocycles. The van der Waals surface area contributed by atoms with E-state index in [0.29, 0.717) is 11.6 Å². The molecule has 0 fully saturated rings. The Kier molecular flexibility index (Phi) is 6.54. The van der Waals surface area contributed by atoms with E-state index in [1.807, 2.05) is 42.5 Å². The molecule has 0 saturated heterocycles. The SMILES string of the molecule is COc1ccc(C2CC(c3ccc4ccccc4c3)=NN2C(=O)CCC(=O)Nc2nccs2)cc1. The lowest BCUT2D eigenvalue weighted by atomic mass is 9.96. The zero-order valence-electron chi connectivity index (χ0n) is 19.2. The minimum Gasteiger partial charge on any atom is -0.497 e. The summed E-state index contributed by atoms with van der Waals surface area (Å²) in [5.74, 6) is 0.308. The molecule has 4 aromatic rings. The first-order valence-electron chi connectivity index (χ1n) is 11.3. The minimum absolute atomic E-state index is 0.0539. The van der Waals surface area contributed by atoms with Gasteiger partial charge < -0.3 is 10.1 Å². The lowest BCUT2D eigenvalue weighted by Gasteiger charge is -2.22. The fourth-order valence-corrected chi connectivity index (χ4v) is 4.72. The number of hydrazone groups is 1. The number of amides is 2. The fraction of sp³-hybridized carbons (Fsp3) is 0.185. The highest BCUT2D eigenvalue weighted by Crippen LogP contribution is 2.34. The van der Waals surface area contributed by atoms with Crippen LogP contribution in [0.5, 0.6) is 5.75 Å². The molecule has 1 unspecified atom stereocenters. The standard InChI is InChI=1S/C27H24N4O3S/c1-34-22-10-8-19(9-11-22)24-17-23(21-7-6-18-4-2-3-5-20(18)16-21)30-31(24)26(33)13-12-25(32)29-27-28-14-15-35-27/h2-11,14-16,24H,12-13,17H2,1H3,(H,28,29,32). The number of fused-ring (bicyclic) bond motifs is 1. The topological polar surface area (TPSA) is 83.9 Å². The molecule has 7 nitrogen and oxygen atoms in total. The second-order valence-electron chi connectivity index (χ2n) is 8.23. The van der Waals surface area contributed by atoms with Crippen LogP contribution in [-0.2, 0) is 9.59 Å². The van der Waals surface area contributed by atoms with Gasteiger partial charge >= 0.3 is 0 Å². The van der Waals surface area contributed by atoms with E-state index in [9.17, 15) is 9.59 Å². The van der Waals surface area contributed by atoms with E-state index in [1.54, 1.807) is 18.7 Å². The molecule has 35 heavy (non-hydrogen) atoms. The fourth-order valence-electron chi connectivity index (χ4n) is 4.17. The highest BCUT2D eigenvalue weighted by Gasteiger charge is 2.33. The van der Waals surface area contributed by atoms with Gasteiger partial charge in [-0.1, -0.05) is 48.5 Å². The van der Waals surface area contributed by atoms with Gasteiger partial charge in [-0.05, 0) is 40.1 Å². The molecule has 2 heterocycles. The number of anilines is 1. The monoisotopic (exact) mass is 484 g/mol. The highest BCUT2D eigenvalue weighted by molar-refractivity contribution is 7.13. The Bertz CT molecular complexity index is 1380. The summed E-state index contributed by atoms with van der Waals surface area (Å²) in [6.45, 7) is 0. The number of nitrogens with zero attached hydrogens (tertiary/aromatic N) is 3. The van der Waals surface area contributed by atoms with E-state index in [4.69, 9.17) is 9.84 Å². The van der Waals surface area contributed by atoms with E-state index >= 15 is 0 Å². The molecule has 176 valence electrons. The van der Waals surface area contributed by atoms with Crippen LogP contribution in [0.2, 0.25) is 0 Å². The van der Waals surface area contributed by atoms with Gasteiger partial charge in [0.05, 0.1) is 18.9 Å². The summed E-state index contributed by atoms with van der Waals surface area (Å²) in [4.78, 5) is 29.6. The third kappa shape index (κ3) is 5.07. The first kappa shape index (κ1) is 22.7. The number of nitrogens with one attached hydrogen (secondary N) is 1. The van der Waals surface area contributed by atoms with Crippen LogP contribution in [0.15, 0.2) is 83.4 Å². The lowest BCUT2D eigenvalue weighted by molar-refractivity contribution is -0.134. The summed E-state index contributed by atoms with van der Waals surface area (Å²) in [6.07, 6.45) is 2.32. The van der Waals surface area contributed by atoms with E-state index in [2.05, 4.69) is 34.6 Å². The third-order valence-electron chi connectivity index (χ3n) is 5.99. The van der Waals surface area contributed by atoms with Crippen LogP contribution in [-0.4, -0.2) is 34.6 Å². The maximum absolute atomic E-state index is 13.2. The largest absolute Gasteiger partial charge is 0.497 e. The Labute approximate surface area is 207 Å². The molecular weight excluding hydrogens is 460 g/mol. The minimum atomic E-state index is -0.253. The van der Waals surface area contributed by atoms with Gasteiger partial charge in [0.15, 0.2) is 5.13 Å². The molecule has 1 aliphatic heterocycles. The molecule has 0 radical (unpaired) electrons. The molecule has 2 amide bonds. The maximum Gasteiger partial charge on any atom is 0.243 e. The van der Waals surface area contributed by atoms with Crippen LogP contribution < -0.4 is 10.1 Å². The summed E-state index contributed by atoms with van der Waals surface area (Å²) >= 11 is 1.34. The molecule has 1 N–H and O–H groups in total. The number of benzene rings is 3. The van der Waals surface area contributed by atoms with Crippen molar-refractivity contribution in [1.82, 2.24) is 9.99 Å². The van der Waals surface area contributed by atoms with Gasteiger partial charge in [-0.2, -0.15) is 5.10 Å². The first-order chi connectivity index (χ1) is 17.1. The summed E-state index contributed by atoms with van der Waals surface area (Å²) in [5, 5.41) is 13.6. The second-order valence-corrected chi connectivity index (χ2v) is 9.12. The quantitative estimate of drug-likeness (QED) is 0.381. The maximum atomic E-state index is 13.2. The molecule has 8 heteroatoms. The molecule has 5 rings (SSSR count). The van der Waals surface area contributed by atoms with Crippen molar-refractivity contribution in [2.75, 3.05) is 12.4 Å². The van der Waals surface area contributed by atoms with Crippen molar-refractivity contribution in [3.8, 4) is 5.75 Å². The number of methoxy groups -OCH3 is 1. The van der Waals surface area contributed by atoms with Crippen molar-refractivity contribution in [3.63, 3.8) is 0 Å². The Balaban J connectivity index is 1.38. The molecule has 0 bridgehead atoms. The van der Waals surface area contributed by atoms with Crippen LogP contribution in [0, 0.1) is 0 Å². The van der Waals surface area contributed by atoms with Crippen LogP contribution >= 0.6 is 11.3 Å². The number of hydrogen-bond donors (Lipinski definition) is 1. The van der Waals surface area contributed by atoms with Gasteiger partial charge in [0.25, 0.3) is 0 Å². The molecule has 0 spiro atoms. The third-order valence-corrected chi connectivity index (χ3v) is 6.68. The number of rotatable bonds is 7. The second kappa shape index (κ2) is 10.1. The summed E-state index contributed by atoms with van der Waals surface area (Å²) in [6, 6.07) is 21.8. The molecule has 1 aromatic heterocycles. The van der Waals surface area contributed by atoms with Crippen molar-refractivity contribution < 1.29 is 14.3 Å². The Morgan fingerprint density at radius 2 is 1.86 bits per heavy atom. The first-order valence-corrected chi connectivity index (χ1v) is 12.2. The van der Waals surface area contributed by atoms with Gasteiger partial charge in [-0.3, -0.25) is 9.59 Å². The summed E-state index contributed by atoms with van der Waals surface area (Å²) in [5.41, 5.74) is 2.79. The Morgan fingerprint density at radius 3 is 2.60 bits per heavy atom. The van der Waals surface area contributed by atoms with E-state index in [0.717, 1.165) is 33.4 Å². The van der Waals surface area contributed by atoms with E-state index in [-0.39, 0.29) is 30.7 Å². The van der Waals surface area contributed by atoms with Crippen molar-refractivity contribution in [2.24, 2.45) is 5.10 Å². The van der Waals surface area contributed by atoms with Crippen LogP contribution in [0.25, 0.3) is 10.8 Å². The summed E-state index contributed by atoms with van der Waals surface area (Å²) in [7, 11) is 1.62. The van der Waals surface area contributed by atoms with E-state index in [1.165, 1.54) is 16.3 Å². The smallest absolute Gasteiger partial charge is 0.243 e. The number of thiazole rings is 1. The molecular formula is C27H24N4O3S. The van der Waals surface area contributed by atoms with Gasteiger partial charge in [-0.15, -0.1) is 11.3 Å². The molecule has 0 aliphatic carbocycles. The molecule has 1 atom stereocenters. The lowest BCUT2D eigenvalue weighted by Crippen LogP contribution is -2.28. The van der Waals surface area contributed by atoms with Crippen LogP contribution in [0.1, 0.15) is 36.4 Å². The number of hydrogen-bond acceptors (Lipinski definition) is 6. The number of carbonyl (C=O) groups is 2. The van der Waals surface area contributed by atoms with Crippen molar-refractivity contribution in [2.45, 2.75) is 25.3 Å². The zero-order chi connectivity index (χ0) is 24.2. The highest BCUT2D eigenvalue weighted by atomic mass is 32.1. The zero-order valence-corrected chi connectivity index (χ0v) is 20.0. The predicted molar refractivity (Wildman–Crippen MR) is 138 cm³/mol. The van der Waals surface area contributed by atoms with Crippen molar-refractivity contribution in [1.29, 1.82) is 0 Å². The average Bonchev–Trinajstić information content (AvgIpc) is 3.57. The van der Waals surface area contributed by atoms with E-state index < -0.39 is 0 Å². The summed E-state index contributed by atoms with van der Waals surface area (Å²) < 4.78 is 5.29. The predicted octanol–water partition coefficient (Wildman–Crippen LogP) is 5.40. The van der Waals surface area contributed by atoms with Crippen molar-refractivity contribution in [3.05, 3.63) is 89.4 Å². The van der Waals surface area contributed by atoms with Crippen molar-refractivity contribution >= 4 is 44.8 Å². The number of carbonyl (C=O) groups excluding carboxylic acids is 2.